The van der Waals surface area contributed by atoms with Gasteiger partial charge in [0.15, 0.2) is 5.65 Å². The van der Waals surface area contributed by atoms with E-state index in [2.05, 4.69) is 25.3 Å². The molecule has 0 spiro atoms. The normalized spacial score (nSPS) is 11.4. The highest BCUT2D eigenvalue weighted by molar-refractivity contribution is 7.98. The summed E-state index contributed by atoms with van der Waals surface area (Å²) in [5.41, 5.74) is 2.29. The molecule has 0 saturated heterocycles. The number of hydrogen-bond acceptors (Lipinski definition) is 8. The molecule has 1 N–H and O–H groups in total. The number of aromatic amines is 1. The highest BCUT2D eigenvalue weighted by atomic mass is 35.5. The number of thioether (sulfide) groups is 1. The molecule has 33 heavy (non-hydrogen) atoms. The molecule has 0 amide bonds. The first-order valence-corrected chi connectivity index (χ1v) is 11.1. The molecule has 0 bridgehead atoms. The Bertz CT molecular complexity index is 1570. The Balaban J connectivity index is 1.49. The molecule has 1 aromatic carbocycles. The Morgan fingerprint density at radius 1 is 1.24 bits per heavy atom. The van der Waals surface area contributed by atoms with Gasteiger partial charge in [0.1, 0.15) is 5.56 Å². The van der Waals surface area contributed by atoms with E-state index in [1.54, 1.807) is 19.2 Å². The van der Waals surface area contributed by atoms with E-state index in [4.69, 9.17) is 16.3 Å². The molecule has 166 valence electrons. The van der Waals surface area contributed by atoms with Crippen molar-refractivity contribution in [2.24, 2.45) is 0 Å². The van der Waals surface area contributed by atoms with Crippen molar-refractivity contribution >= 4 is 45.9 Å². The van der Waals surface area contributed by atoms with Gasteiger partial charge in [0.2, 0.25) is 11.1 Å². The minimum Gasteiger partial charge on any atom is -0.465 e. The van der Waals surface area contributed by atoms with Crippen LogP contribution in [0.15, 0.2) is 52.7 Å². The number of fused-ring (bicyclic) bond motifs is 3. The second kappa shape index (κ2) is 8.34. The third-order valence-electron chi connectivity index (χ3n) is 5.04. The van der Waals surface area contributed by atoms with E-state index in [1.165, 1.54) is 34.2 Å². The molecule has 4 aromatic heterocycles. The lowest BCUT2D eigenvalue weighted by atomic mass is 10.2. The third kappa shape index (κ3) is 3.74. The lowest BCUT2D eigenvalue weighted by molar-refractivity contribution is 0.0602. The second-order valence-electron chi connectivity index (χ2n) is 7.09. The fourth-order valence-corrected chi connectivity index (χ4v) is 4.30. The van der Waals surface area contributed by atoms with Gasteiger partial charge in [0.05, 0.1) is 23.7 Å². The van der Waals surface area contributed by atoms with Crippen LogP contribution < -0.4 is 5.56 Å². The predicted octanol–water partition coefficient (Wildman–Crippen LogP) is 3.19. The first-order valence-electron chi connectivity index (χ1n) is 9.74. The van der Waals surface area contributed by atoms with E-state index in [1.807, 2.05) is 24.3 Å². The maximum atomic E-state index is 13.2. The van der Waals surface area contributed by atoms with Gasteiger partial charge in [0.25, 0.3) is 5.56 Å². The van der Waals surface area contributed by atoms with Gasteiger partial charge in [0, 0.05) is 23.2 Å². The number of hydrogen-bond donors (Lipinski definition) is 1. The number of H-pyrrole nitrogens is 1. The summed E-state index contributed by atoms with van der Waals surface area (Å²) in [6.07, 6.45) is 3.00. The van der Waals surface area contributed by atoms with Crippen molar-refractivity contribution in [3.63, 3.8) is 0 Å². The molecule has 12 heteroatoms. The zero-order valence-corrected chi connectivity index (χ0v) is 19.0. The number of carbonyl (C=O) groups excluding carboxylic acids is 1. The monoisotopic (exact) mass is 481 g/mol. The fraction of sp³-hybridized carbons (Fsp3) is 0.143. The highest BCUT2D eigenvalue weighted by Gasteiger charge is 2.21. The van der Waals surface area contributed by atoms with Gasteiger partial charge in [-0.25, -0.2) is 19.4 Å². The lowest BCUT2D eigenvalue weighted by Gasteiger charge is -2.05. The van der Waals surface area contributed by atoms with Gasteiger partial charge in [-0.05, 0) is 30.7 Å². The number of ether oxygens (including phenoxy) is 1. The molecule has 0 unspecified atom stereocenters. The van der Waals surface area contributed by atoms with Crippen LogP contribution in [0.4, 0.5) is 0 Å². The molecule has 10 nitrogen and oxygen atoms in total. The van der Waals surface area contributed by atoms with Crippen LogP contribution in [-0.2, 0) is 10.5 Å². The predicted molar refractivity (Wildman–Crippen MR) is 123 cm³/mol. The van der Waals surface area contributed by atoms with Crippen LogP contribution in [0, 0.1) is 6.92 Å². The summed E-state index contributed by atoms with van der Waals surface area (Å²) in [6.45, 7) is 1.69. The second-order valence-corrected chi connectivity index (χ2v) is 8.47. The van der Waals surface area contributed by atoms with Gasteiger partial charge >= 0.3 is 5.97 Å². The van der Waals surface area contributed by atoms with E-state index < -0.39 is 5.97 Å². The first kappa shape index (κ1) is 21.2. The maximum absolute atomic E-state index is 13.2. The van der Waals surface area contributed by atoms with Gasteiger partial charge in [-0.3, -0.25) is 9.36 Å². The SMILES string of the molecule is COC(=O)c1c(C)nn2c1ncc1c(=O)n(-c3nc(SCc4ccc(Cl)cc4)n[nH]3)ccc12. The van der Waals surface area contributed by atoms with Gasteiger partial charge in [-0.15, -0.1) is 5.10 Å². The number of methoxy groups -OCH3 is 1. The smallest absolute Gasteiger partial charge is 0.343 e. The van der Waals surface area contributed by atoms with Crippen LogP contribution in [0.25, 0.3) is 22.5 Å². The number of rotatable bonds is 5. The molecule has 4 heterocycles. The quantitative estimate of drug-likeness (QED) is 0.300. The van der Waals surface area contributed by atoms with E-state index in [-0.39, 0.29) is 17.1 Å². The summed E-state index contributed by atoms with van der Waals surface area (Å²) in [6, 6.07) is 9.24. The lowest BCUT2D eigenvalue weighted by Crippen LogP contribution is -2.20. The number of aromatic nitrogens is 7. The third-order valence-corrected chi connectivity index (χ3v) is 6.21. The van der Waals surface area contributed by atoms with E-state index in [0.29, 0.717) is 38.2 Å². The largest absolute Gasteiger partial charge is 0.465 e. The van der Waals surface area contributed by atoms with Crippen molar-refractivity contribution in [3.05, 3.63) is 74.9 Å². The number of pyridine rings is 1. The van der Waals surface area contributed by atoms with Gasteiger partial charge in [-0.2, -0.15) is 10.1 Å². The van der Waals surface area contributed by atoms with Crippen molar-refractivity contribution < 1.29 is 9.53 Å². The van der Waals surface area contributed by atoms with Crippen molar-refractivity contribution in [2.45, 2.75) is 17.8 Å². The summed E-state index contributed by atoms with van der Waals surface area (Å²) in [4.78, 5) is 34.0. The van der Waals surface area contributed by atoms with Crippen molar-refractivity contribution in [2.75, 3.05) is 7.11 Å². The molecule has 5 aromatic rings. The number of halogens is 1. The average molecular weight is 482 g/mol. The number of aryl methyl sites for hydroxylation is 1. The van der Waals surface area contributed by atoms with Crippen LogP contribution in [0.5, 0.6) is 0 Å². The molecule has 0 fully saturated rings. The van der Waals surface area contributed by atoms with E-state index >= 15 is 0 Å². The van der Waals surface area contributed by atoms with Crippen LogP contribution in [0.1, 0.15) is 21.6 Å². The molecule has 0 aliphatic heterocycles. The zero-order valence-electron chi connectivity index (χ0n) is 17.4. The van der Waals surface area contributed by atoms with Crippen molar-refractivity contribution in [1.29, 1.82) is 0 Å². The molecule has 0 radical (unpaired) electrons. The van der Waals surface area contributed by atoms with Crippen LogP contribution >= 0.6 is 23.4 Å². The average Bonchev–Trinajstić information content (AvgIpc) is 3.42. The molecule has 0 aliphatic rings. The first-order chi connectivity index (χ1) is 16.0. The van der Waals surface area contributed by atoms with Crippen molar-refractivity contribution in [3.8, 4) is 5.95 Å². The highest BCUT2D eigenvalue weighted by Crippen LogP contribution is 2.22. The molecule has 0 atom stereocenters. The minimum atomic E-state index is -0.534. The Kier molecular flexibility index (Phi) is 5.35. The van der Waals surface area contributed by atoms with Gasteiger partial charge in [-0.1, -0.05) is 35.5 Å². The standard InChI is InChI=1S/C21H16ClN7O3S/c1-11-16(19(31)32-2)17-23-9-14-15(29(17)27-11)7-8-28(18(14)30)20-24-21(26-25-20)33-10-12-3-5-13(22)6-4-12/h3-9H,10H2,1-2H3,(H,24,25,26). The molecular weight excluding hydrogens is 466 g/mol. The summed E-state index contributed by atoms with van der Waals surface area (Å²) in [5, 5.41) is 12.9. The maximum Gasteiger partial charge on any atom is 0.343 e. The number of nitrogens with zero attached hydrogens (tertiary/aromatic N) is 6. The van der Waals surface area contributed by atoms with Crippen molar-refractivity contribution in [1.82, 2.24) is 34.3 Å². The number of benzene rings is 1. The molecule has 5 rings (SSSR count). The number of nitrogens with one attached hydrogen (secondary N) is 1. The summed E-state index contributed by atoms with van der Waals surface area (Å²) >= 11 is 7.35. The Hall–Kier alpha value is -3.70. The number of carbonyl (C=O) groups is 1. The Morgan fingerprint density at radius 3 is 2.79 bits per heavy atom. The van der Waals surface area contributed by atoms with Crippen LogP contribution in [0.2, 0.25) is 5.02 Å². The molecule has 0 aliphatic carbocycles. The van der Waals surface area contributed by atoms with E-state index in [0.717, 1.165) is 5.56 Å². The van der Waals surface area contributed by atoms with E-state index in [9.17, 15) is 9.59 Å². The number of esters is 1. The Labute approximate surface area is 195 Å². The van der Waals surface area contributed by atoms with Gasteiger partial charge < -0.3 is 4.74 Å². The topological polar surface area (TPSA) is 120 Å². The minimum absolute atomic E-state index is 0.265. The Morgan fingerprint density at radius 2 is 2.03 bits per heavy atom. The molecular formula is C21H16ClN7O3S. The zero-order chi connectivity index (χ0) is 23.1. The van der Waals surface area contributed by atoms with Crippen LogP contribution in [0.3, 0.4) is 0 Å². The fourth-order valence-electron chi connectivity index (χ4n) is 3.42. The van der Waals surface area contributed by atoms with Crippen LogP contribution in [-0.4, -0.2) is 47.4 Å². The summed E-state index contributed by atoms with van der Waals surface area (Å²) in [7, 11) is 1.30. The summed E-state index contributed by atoms with van der Waals surface area (Å²) < 4.78 is 7.65. The molecule has 0 saturated carbocycles. The summed E-state index contributed by atoms with van der Waals surface area (Å²) in [5.74, 6) is 0.407.